The molecule has 2 aromatic rings. The first kappa shape index (κ1) is 20.8. The molecule has 1 saturated heterocycles. The van der Waals surface area contributed by atoms with E-state index in [1.807, 2.05) is 19.0 Å². The number of likely N-dealkylation sites (tertiary alicyclic amines) is 1. The van der Waals surface area contributed by atoms with Crippen LogP contribution in [0.2, 0.25) is 0 Å². The van der Waals surface area contributed by atoms with E-state index in [-0.39, 0.29) is 17.9 Å². The summed E-state index contributed by atoms with van der Waals surface area (Å²) in [5, 5.41) is 2.82. The summed E-state index contributed by atoms with van der Waals surface area (Å²) in [6.07, 6.45) is 4.83. The van der Waals surface area contributed by atoms with Crippen LogP contribution in [0.25, 0.3) is 11.3 Å². The van der Waals surface area contributed by atoms with E-state index in [1.54, 1.807) is 23.4 Å². The molecule has 31 heavy (non-hydrogen) atoms. The SMILES string of the molecule is CN(C)CC#CC(=O)N1CC[C@@H]1COc1cnccc1-c1[nH]c2c(c1N)C(=O)NCC2. The molecule has 4 rings (SSSR count). The normalized spacial score (nSPS) is 17.3. The van der Waals surface area contributed by atoms with Gasteiger partial charge in [-0.25, -0.2) is 0 Å². The molecule has 2 amide bonds. The first-order valence-corrected chi connectivity index (χ1v) is 10.3. The number of aromatic amines is 1. The molecule has 0 aliphatic carbocycles. The van der Waals surface area contributed by atoms with Crippen LogP contribution in [0.5, 0.6) is 5.75 Å². The number of nitrogens with zero attached hydrogens (tertiary/aromatic N) is 3. The van der Waals surface area contributed by atoms with Gasteiger partial charge >= 0.3 is 0 Å². The number of carbonyl (C=O) groups excluding carboxylic acids is 2. The smallest absolute Gasteiger partial charge is 0.298 e. The number of hydrogen-bond acceptors (Lipinski definition) is 6. The van der Waals surface area contributed by atoms with E-state index in [1.165, 1.54) is 0 Å². The number of aromatic nitrogens is 2. The number of carbonyl (C=O) groups is 2. The van der Waals surface area contributed by atoms with Gasteiger partial charge < -0.3 is 25.7 Å². The van der Waals surface area contributed by atoms with Crippen LogP contribution in [0.15, 0.2) is 18.5 Å². The molecule has 0 bridgehead atoms. The fourth-order valence-corrected chi connectivity index (χ4v) is 3.73. The zero-order chi connectivity index (χ0) is 22.0. The molecule has 2 aliphatic rings. The van der Waals surface area contributed by atoms with Crippen molar-refractivity contribution in [2.75, 3.05) is 46.1 Å². The first-order valence-electron chi connectivity index (χ1n) is 10.3. The maximum atomic E-state index is 12.3. The van der Waals surface area contributed by atoms with E-state index in [2.05, 4.69) is 27.1 Å². The van der Waals surface area contributed by atoms with Crippen LogP contribution < -0.4 is 15.8 Å². The summed E-state index contributed by atoms with van der Waals surface area (Å²) in [4.78, 5) is 35.6. The quantitative estimate of drug-likeness (QED) is 0.604. The zero-order valence-corrected chi connectivity index (χ0v) is 17.7. The van der Waals surface area contributed by atoms with Crippen LogP contribution in [-0.4, -0.2) is 78.0 Å². The molecule has 4 N–H and O–H groups in total. The number of ether oxygens (including phenoxy) is 1. The van der Waals surface area contributed by atoms with E-state index in [0.29, 0.717) is 55.4 Å². The molecule has 162 valence electrons. The average molecular weight is 422 g/mol. The van der Waals surface area contributed by atoms with Crippen LogP contribution in [0.4, 0.5) is 5.69 Å². The topological polar surface area (TPSA) is 117 Å². The summed E-state index contributed by atoms with van der Waals surface area (Å²) in [7, 11) is 3.81. The van der Waals surface area contributed by atoms with Gasteiger partial charge in [-0.3, -0.25) is 19.5 Å². The van der Waals surface area contributed by atoms with Gasteiger partial charge in [-0.2, -0.15) is 0 Å². The van der Waals surface area contributed by atoms with Crippen LogP contribution >= 0.6 is 0 Å². The van der Waals surface area contributed by atoms with Crippen molar-refractivity contribution in [3.63, 3.8) is 0 Å². The Bertz CT molecular complexity index is 1060. The van der Waals surface area contributed by atoms with Gasteiger partial charge in [0.15, 0.2) is 0 Å². The lowest BCUT2D eigenvalue weighted by Crippen LogP contribution is -2.53. The van der Waals surface area contributed by atoms with Crippen LogP contribution in [0.1, 0.15) is 22.5 Å². The minimum Gasteiger partial charge on any atom is -0.489 e. The predicted molar refractivity (Wildman–Crippen MR) is 116 cm³/mol. The van der Waals surface area contributed by atoms with E-state index < -0.39 is 0 Å². The van der Waals surface area contributed by atoms with Crippen molar-refractivity contribution in [1.29, 1.82) is 0 Å². The molecule has 1 atom stereocenters. The maximum absolute atomic E-state index is 12.3. The molecule has 0 spiro atoms. The Kier molecular flexibility index (Phi) is 5.82. The molecule has 2 aliphatic heterocycles. The Morgan fingerprint density at radius 2 is 2.29 bits per heavy atom. The lowest BCUT2D eigenvalue weighted by molar-refractivity contribution is -0.133. The van der Waals surface area contributed by atoms with Crippen molar-refractivity contribution in [1.82, 2.24) is 25.1 Å². The number of H-pyrrole nitrogens is 1. The van der Waals surface area contributed by atoms with Gasteiger partial charge in [0.2, 0.25) is 0 Å². The van der Waals surface area contributed by atoms with Crippen molar-refractivity contribution in [3.05, 3.63) is 29.7 Å². The minimum atomic E-state index is -0.180. The Morgan fingerprint density at radius 3 is 3.00 bits per heavy atom. The van der Waals surface area contributed by atoms with E-state index in [4.69, 9.17) is 10.5 Å². The minimum absolute atomic E-state index is 0.0332. The average Bonchev–Trinajstić information content (AvgIpc) is 3.05. The molecule has 4 heterocycles. The molecular formula is C22H26N6O3. The number of hydrogen-bond donors (Lipinski definition) is 3. The molecular weight excluding hydrogens is 396 g/mol. The van der Waals surface area contributed by atoms with Crippen molar-refractivity contribution < 1.29 is 14.3 Å². The Morgan fingerprint density at radius 1 is 1.45 bits per heavy atom. The second-order valence-corrected chi connectivity index (χ2v) is 7.94. The van der Waals surface area contributed by atoms with Crippen molar-refractivity contribution in [2.24, 2.45) is 0 Å². The van der Waals surface area contributed by atoms with Gasteiger partial charge in [-0.15, -0.1) is 0 Å². The second-order valence-electron chi connectivity index (χ2n) is 7.94. The van der Waals surface area contributed by atoms with Crippen LogP contribution in [-0.2, 0) is 11.2 Å². The largest absolute Gasteiger partial charge is 0.489 e. The third kappa shape index (κ3) is 4.20. The summed E-state index contributed by atoms with van der Waals surface area (Å²) in [6, 6.07) is 1.77. The van der Waals surface area contributed by atoms with Gasteiger partial charge in [0.25, 0.3) is 11.8 Å². The standard InChI is InChI=1S/C22H26N6O3/c1-27(2)10-3-4-18(29)28-11-7-14(28)13-31-17-12-24-8-5-15(17)21-20(23)19-16(26-21)6-9-25-22(19)30/h5,8,12,14,26H,6-7,9-11,13,23H2,1-2H3,(H,25,30)/t14-/m1/s1. The highest BCUT2D eigenvalue weighted by atomic mass is 16.5. The fourth-order valence-electron chi connectivity index (χ4n) is 3.73. The lowest BCUT2D eigenvalue weighted by atomic mass is 10.0. The molecule has 2 aromatic heterocycles. The fraction of sp³-hybridized carbons (Fsp3) is 0.409. The Hall–Kier alpha value is -3.51. The highest BCUT2D eigenvalue weighted by Gasteiger charge is 2.32. The zero-order valence-electron chi connectivity index (χ0n) is 17.7. The summed E-state index contributed by atoms with van der Waals surface area (Å²) in [6.45, 7) is 2.13. The van der Waals surface area contributed by atoms with Crippen LogP contribution in [0, 0.1) is 11.8 Å². The summed E-state index contributed by atoms with van der Waals surface area (Å²) < 4.78 is 6.04. The summed E-state index contributed by atoms with van der Waals surface area (Å²) >= 11 is 0. The number of pyridine rings is 1. The van der Waals surface area contributed by atoms with Gasteiger partial charge in [0.1, 0.15) is 12.4 Å². The Balaban J connectivity index is 1.48. The maximum Gasteiger partial charge on any atom is 0.298 e. The number of nitrogens with one attached hydrogen (secondary N) is 2. The number of amides is 2. The van der Waals surface area contributed by atoms with Gasteiger partial charge in [0.05, 0.1) is 35.7 Å². The number of nitrogen functional groups attached to an aromatic ring is 1. The monoisotopic (exact) mass is 422 g/mol. The van der Waals surface area contributed by atoms with E-state index in [0.717, 1.165) is 17.7 Å². The van der Waals surface area contributed by atoms with E-state index in [9.17, 15) is 9.59 Å². The summed E-state index contributed by atoms with van der Waals surface area (Å²) in [5.41, 5.74) is 9.41. The molecule has 1 fully saturated rings. The van der Waals surface area contributed by atoms with Crippen molar-refractivity contribution in [3.8, 4) is 28.8 Å². The number of anilines is 1. The van der Waals surface area contributed by atoms with E-state index >= 15 is 0 Å². The Labute approximate surface area is 180 Å². The third-order valence-corrected chi connectivity index (χ3v) is 5.48. The first-order chi connectivity index (χ1) is 15.0. The molecule has 9 heteroatoms. The second kappa shape index (κ2) is 8.70. The third-order valence-electron chi connectivity index (χ3n) is 5.48. The molecule has 0 radical (unpaired) electrons. The van der Waals surface area contributed by atoms with Gasteiger partial charge in [-0.1, -0.05) is 5.92 Å². The molecule has 0 unspecified atom stereocenters. The predicted octanol–water partition coefficient (Wildman–Crippen LogP) is 0.490. The van der Waals surface area contributed by atoms with Gasteiger partial charge in [-0.05, 0) is 32.5 Å². The van der Waals surface area contributed by atoms with Crippen molar-refractivity contribution in [2.45, 2.75) is 18.9 Å². The molecule has 0 saturated carbocycles. The summed E-state index contributed by atoms with van der Waals surface area (Å²) in [5.74, 6) is 5.76. The van der Waals surface area contributed by atoms with Crippen molar-refractivity contribution >= 4 is 17.5 Å². The highest BCUT2D eigenvalue weighted by molar-refractivity contribution is 6.05. The number of fused-ring (bicyclic) bond motifs is 1. The number of nitrogens with two attached hydrogens (primary N) is 1. The highest BCUT2D eigenvalue weighted by Crippen LogP contribution is 2.37. The molecule has 9 nitrogen and oxygen atoms in total. The van der Waals surface area contributed by atoms with Crippen LogP contribution in [0.3, 0.4) is 0 Å². The molecule has 0 aromatic carbocycles. The lowest BCUT2D eigenvalue weighted by Gasteiger charge is -2.39. The van der Waals surface area contributed by atoms with Gasteiger partial charge in [0, 0.05) is 37.0 Å². The number of rotatable bonds is 5.